The lowest BCUT2D eigenvalue weighted by atomic mass is 10.1. The average Bonchev–Trinajstić information content (AvgIpc) is 2.85. The van der Waals surface area contributed by atoms with Crippen molar-refractivity contribution >= 4 is 41.0 Å². The molecule has 3 amide bonds. The molecule has 1 atom stereocenters. The first-order valence-corrected chi connectivity index (χ1v) is 12.3. The summed E-state index contributed by atoms with van der Waals surface area (Å²) >= 11 is 1.48. The minimum atomic E-state index is -0.457. The number of halogens is 1. The van der Waals surface area contributed by atoms with Crippen molar-refractivity contribution in [1.82, 2.24) is 9.80 Å². The highest BCUT2D eigenvalue weighted by Gasteiger charge is 2.28. The summed E-state index contributed by atoms with van der Waals surface area (Å²) < 4.78 is 18.8. The fourth-order valence-corrected chi connectivity index (χ4v) is 4.93. The van der Waals surface area contributed by atoms with Gasteiger partial charge in [0.2, 0.25) is 5.91 Å². The molecule has 2 aromatic rings. The monoisotopic (exact) mass is 486 g/mol. The highest BCUT2D eigenvalue weighted by atomic mass is 32.2. The molecule has 2 aliphatic heterocycles. The first-order valence-electron chi connectivity index (χ1n) is 11.2. The van der Waals surface area contributed by atoms with Gasteiger partial charge in [0.1, 0.15) is 11.9 Å². The minimum Gasteiger partial charge on any atom is -0.450 e. The largest absolute Gasteiger partial charge is 0.450 e. The number of benzene rings is 2. The van der Waals surface area contributed by atoms with Crippen LogP contribution in [-0.4, -0.2) is 72.3 Å². The molecule has 0 saturated carbocycles. The third kappa shape index (κ3) is 5.44. The number of rotatable bonds is 6. The molecule has 8 nitrogen and oxygen atoms in total. The van der Waals surface area contributed by atoms with E-state index in [1.165, 1.54) is 17.8 Å². The third-order valence-electron chi connectivity index (χ3n) is 5.76. The van der Waals surface area contributed by atoms with Gasteiger partial charge in [-0.05, 0) is 36.8 Å². The van der Waals surface area contributed by atoms with Crippen LogP contribution < -0.4 is 10.6 Å². The van der Waals surface area contributed by atoms with E-state index in [0.717, 1.165) is 5.69 Å². The zero-order valence-corrected chi connectivity index (χ0v) is 19.7. The number of hydrogen-bond donors (Lipinski definition) is 2. The van der Waals surface area contributed by atoms with E-state index in [2.05, 4.69) is 10.6 Å². The van der Waals surface area contributed by atoms with Crippen LogP contribution in [0.3, 0.4) is 0 Å². The number of fused-ring (bicyclic) bond motifs is 1. The molecule has 0 bridgehead atoms. The summed E-state index contributed by atoms with van der Waals surface area (Å²) in [5.41, 5.74) is 2.37. The van der Waals surface area contributed by atoms with Crippen molar-refractivity contribution in [3.63, 3.8) is 0 Å². The molecule has 2 N–H and O–H groups in total. The van der Waals surface area contributed by atoms with E-state index >= 15 is 0 Å². The summed E-state index contributed by atoms with van der Waals surface area (Å²) in [5, 5.41) is 6.09. The molecule has 0 radical (unpaired) electrons. The number of nitrogens with one attached hydrogen (secondary N) is 2. The van der Waals surface area contributed by atoms with Crippen molar-refractivity contribution in [2.45, 2.75) is 18.7 Å². The van der Waals surface area contributed by atoms with E-state index in [-0.39, 0.29) is 23.7 Å². The van der Waals surface area contributed by atoms with Gasteiger partial charge >= 0.3 is 6.09 Å². The summed E-state index contributed by atoms with van der Waals surface area (Å²) in [7, 11) is 0. The Morgan fingerprint density at radius 3 is 2.56 bits per heavy atom. The highest BCUT2D eigenvalue weighted by molar-refractivity contribution is 7.98. The maximum absolute atomic E-state index is 13.8. The number of carbonyl (C=O) groups excluding carboxylic acids is 3. The zero-order valence-electron chi connectivity index (χ0n) is 18.9. The van der Waals surface area contributed by atoms with Gasteiger partial charge in [-0.3, -0.25) is 9.59 Å². The number of ether oxygens (including phenoxy) is 1. The topological polar surface area (TPSA) is 91.0 Å². The van der Waals surface area contributed by atoms with Gasteiger partial charge in [-0.1, -0.05) is 18.2 Å². The van der Waals surface area contributed by atoms with Crippen LogP contribution >= 0.6 is 11.8 Å². The molecule has 0 spiro atoms. The lowest BCUT2D eigenvalue weighted by Gasteiger charge is -2.34. The van der Waals surface area contributed by atoms with Crippen molar-refractivity contribution in [3.8, 4) is 0 Å². The van der Waals surface area contributed by atoms with Gasteiger partial charge in [-0.15, -0.1) is 0 Å². The summed E-state index contributed by atoms with van der Waals surface area (Å²) in [6, 6.07) is 11.3. The fraction of sp³-hybridized carbons (Fsp3) is 0.375. The number of hydrogen-bond acceptors (Lipinski definition) is 6. The number of amides is 3. The highest BCUT2D eigenvalue weighted by Crippen LogP contribution is 2.30. The number of carbonyl (C=O) groups is 3. The van der Waals surface area contributed by atoms with Crippen LogP contribution in [0.1, 0.15) is 22.8 Å². The summed E-state index contributed by atoms with van der Waals surface area (Å²) in [6.45, 7) is 3.74. The number of thioether (sulfide) groups is 1. The van der Waals surface area contributed by atoms with Gasteiger partial charge in [0.15, 0.2) is 0 Å². The van der Waals surface area contributed by atoms with Crippen molar-refractivity contribution in [3.05, 3.63) is 59.4 Å². The average molecular weight is 487 g/mol. The molecule has 0 unspecified atom stereocenters. The number of anilines is 2. The van der Waals surface area contributed by atoms with Crippen LogP contribution in [0.2, 0.25) is 0 Å². The standard InChI is InChI=1S/C24H27FN4O4S/c1-2-33-24(32)29-11-9-28(10-12-29)23(31)16-7-8-19-20(13-16)27-22(30)21(26-19)15-34-14-17-5-3-4-6-18(17)25/h3-8,13,21,26H,2,9-12,14-15H2,1H3,(H,27,30)/t21-/m1/s1. The van der Waals surface area contributed by atoms with Crippen molar-refractivity contribution in [2.75, 3.05) is 49.2 Å². The Morgan fingerprint density at radius 1 is 1.09 bits per heavy atom. The van der Waals surface area contributed by atoms with Crippen LogP contribution in [0.15, 0.2) is 42.5 Å². The Bertz CT molecular complexity index is 1070. The Hall–Kier alpha value is -3.27. The molecule has 2 aromatic carbocycles. The van der Waals surface area contributed by atoms with Crippen LogP contribution in [0, 0.1) is 5.82 Å². The smallest absolute Gasteiger partial charge is 0.409 e. The van der Waals surface area contributed by atoms with Gasteiger partial charge in [-0.25, -0.2) is 9.18 Å². The van der Waals surface area contributed by atoms with Crippen molar-refractivity contribution in [1.29, 1.82) is 0 Å². The molecule has 180 valence electrons. The molecule has 34 heavy (non-hydrogen) atoms. The molecule has 2 heterocycles. The second-order valence-corrected chi connectivity index (χ2v) is 9.06. The Morgan fingerprint density at radius 2 is 1.82 bits per heavy atom. The zero-order chi connectivity index (χ0) is 24.1. The van der Waals surface area contributed by atoms with E-state index in [1.807, 2.05) is 0 Å². The predicted octanol–water partition coefficient (Wildman–Crippen LogP) is 3.41. The number of nitrogens with zero attached hydrogens (tertiary/aromatic N) is 2. The second kappa shape index (κ2) is 10.8. The lowest BCUT2D eigenvalue weighted by Crippen LogP contribution is -2.50. The van der Waals surface area contributed by atoms with Crippen LogP contribution in [0.4, 0.5) is 20.6 Å². The predicted molar refractivity (Wildman–Crippen MR) is 130 cm³/mol. The first-order chi connectivity index (χ1) is 16.5. The Balaban J connectivity index is 1.33. The van der Waals surface area contributed by atoms with Gasteiger partial charge in [-0.2, -0.15) is 11.8 Å². The molecular formula is C24H27FN4O4S. The van der Waals surface area contributed by atoms with E-state index in [4.69, 9.17) is 4.74 Å². The second-order valence-electron chi connectivity index (χ2n) is 8.03. The van der Waals surface area contributed by atoms with Gasteiger partial charge in [0.05, 0.1) is 18.0 Å². The molecule has 1 fully saturated rings. The first kappa shape index (κ1) is 23.9. The molecule has 10 heteroatoms. The normalized spacial score (nSPS) is 17.5. The molecule has 0 aromatic heterocycles. The molecular weight excluding hydrogens is 459 g/mol. The van der Waals surface area contributed by atoms with Crippen LogP contribution in [0.5, 0.6) is 0 Å². The fourth-order valence-electron chi connectivity index (χ4n) is 3.89. The van der Waals surface area contributed by atoms with Crippen molar-refractivity contribution < 1.29 is 23.5 Å². The molecule has 4 rings (SSSR count). The molecule has 2 aliphatic rings. The summed E-state index contributed by atoms with van der Waals surface area (Å²) in [5.74, 6) is 0.359. The van der Waals surface area contributed by atoms with Gasteiger partial charge in [0.25, 0.3) is 5.91 Å². The molecule has 1 saturated heterocycles. The number of piperazine rings is 1. The van der Waals surface area contributed by atoms with Gasteiger partial charge in [0, 0.05) is 43.2 Å². The van der Waals surface area contributed by atoms with Crippen LogP contribution in [0.25, 0.3) is 0 Å². The Labute approximate surface area is 201 Å². The lowest BCUT2D eigenvalue weighted by molar-refractivity contribution is -0.116. The van der Waals surface area contributed by atoms with E-state index in [1.54, 1.807) is 53.1 Å². The van der Waals surface area contributed by atoms with E-state index in [9.17, 15) is 18.8 Å². The summed E-state index contributed by atoms with van der Waals surface area (Å²) in [4.78, 5) is 40.7. The van der Waals surface area contributed by atoms with E-state index in [0.29, 0.717) is 61.1 Å². The SMILES string of the molecule is CCOC(=O)N1CCN(C(=O)c2ccc3c(c2)NC(=O)[C@@H](CSCc2ccccc2F)N3)CC1. The maximum Gasteiger partial charge on any atom is 0.409 e. The van der Waals surface area contributed by atoms with Gasteiger partial charge < -0.3 is 25.2 Å². The minimum absolute atomic E-state index is 0.150. The summed E-state index contributed by atoms with van der Waals surface area (Å²) in [6.07, 6.45) is -0.362. The van der Waals surface area contributed by atoms with Crippen molar-refractivity contribution in [2.24, 2.45) is 0 Å². The Kier molecular flexibility index (Phi) is 7.56. The third-order valence-corrected chi connectivity index (χ3v) is 6.85. The van der Waals surface area contributed by atoms with Crippen LogP contribution in [-0.2, 0) is 15.3 Å². The quantitative estimate of drug-likeness (QED) is 0.651. The molecule has 0 aliphatic carbocycles. The van der Waals surface area contributed by atoms with E-state index < -0.39 is 6.04 Å². The maximum atomic E-state index is 13.8.